The lowest BCUT2D eigenvalue weighted by Crippen LogP contribution is -2.31. The summed E-state index contributed by atoms with van der Waals surface area (Å²) in [5, 5.41) is 17.7. The first-order valence-electron chi connectivity index (χ1n) is 11.7. The first kappa shape index (κ1) is 25.2. The molecular weight excluding hydrogens is 472 g/mol. The molecule has 0 amide bonds. The Morgan fingerprint density at radius 3 is 2.86 bits per heavy atom. The zero-order chi connectivity index (χ0) is 24.8. The molecule has 2 heterocycles. The third-order valence-corrected chi connectivity index (χ3v) is 7.38. The fourth-order valence-electron chi connectivity index (χ4n) is 4.49. The summed E-state index contributed by atoms with van der Waals surface area (Å²) in [6.07, 6.45) is 9.00. The number of aliphatic hydroxyl groups excluding tert-OH is 1. The molecule has 11 nitrogen and oxygen atoms in total. The van der Waals surface area contributed by atoms with Gasteiger partial charge in [0.05, 0.1) is 11.7 Å². The molecule has 3 atom stereocenters. The molecule has 2 aromatic heterocycles. The van der Waals surface area contributed by atoms with Crippen molar-refractivity contribution in [3.8, 4) is 11.8 Å². The number of carbonyl (C=O) groups is 1. The molecule has 0 unspecified atom stereocenters. The summed E-state index contributed by atoms with van der Waals surface area (Å²) in [7, 11) is -2.71. The highest BCUT2D eigenvalue weighted by atomic mass is 32.2. The van der Waals surface area contributed by atoms with Gasteiger partial charge in [-0.25, -0.2) is 9.97 Å². The lowest BCUT2D eigenvalue weighted by molar-refractivity contribution is 0.0636. The van der Waals surface area contributed by atoms with E-state index in [-0.39, 0.29) is 41.7 Å². The Bertz CT molecular complexity index is 1200. The van der Waals surface area contributed by atoms with E-state index in [2.05, 4.69) is 36.9 Å². The first-order chi connectivity index (χ1) is 16.8. The molecule has 0 saturated heterocycles. The molecule has 2 saturated carbocycles. The number of hydrogen-bond donors (Lipinski definition) is 3. The Morgan fingerprint density at radius 1 is 1.29 bits per heavy atom. The second-order valence-electron chi connectivity index (χ2n) is 8.89. The highest BCUT2D eigenvalue weighted by molar-refractivity contribution is 7.84. The van der Waals surface area contributed by atoms with Gasteiger partial charge in [0.25, 0.3) is 0 Å². The van der Waals surface area contributed by atoms with Crippen molar-refractivity contribution >= 4 is 21.9 Å². The summed E-state index contributed by atoms with van der Waals surface area (Å²) < 4.78 is 32.0. The van der Waals surface area contributed by atoms with Gasteiger partial charge < -0.3 is 10.4 Å². The molecule has 188 valence electrons. The molecule has 2 aliphatic rings. The number of nitrogens with one attached hydrogen (secondary N) is 2. The molecular formula is C23H30N6O5S. The van der Waals surface area contributed by atoms with Gasteiger partial charge in [-0.2, -0.15) is 18.2 Å². The number of aromatic nitrogens is 4. The molecule has 0 aromatic carbocycles. The number of carbonyl (C=O) groups excluding carboxylic acids is 1. The summed E-state index contributed by atoms with van der Waals surface area (Å²) in [4.78, 5) is 21.3. The van der Waals surface area contributed by atoms with Crippen LogP contribution in [0.25, 0.3) is 0 Å². The van der Waals surface area contributed by atoms with Crippen molar-refractivity contribution in [2.75, 3.05) is 12.4 Å². The molecule has 0 radical (unpaired) electrons. The van der Waals surface area contributed by atoms with Crippen LogP contribution in [0.15, 0.2) is 24.8 Å². The molecule has 2 aromatic rings. The lowest BCUT2D eigenvalue weighted by atomic mass is 10.1. The van der Waals surface area contributed by atoms with Crippen molar-refractivity contribution in [1.82, 2.24) is 24.5 Å². The van der Waals surface area contributed by atoms with Crippen molar-refractivity contribution in [2.24, 2.45) is 5.92 Å². The highest BCUT2D eigenvalue weighted by Gasteiger charge is 2.37. The summed E-state index contributed by atoms with van der Waals surface area (Å²) in [6, 6.07) is 1.28. The van der Waals surface area contributed by atoms with Crippen LogP contribution in [-0.4, -0.2) is 64.4 Å². The van der Waals surface area contributed by atoms with Crippen LogP contribution < -0.4 is 10.0 Å². The van der Waals surface area contributed by atoms with Crippen molar-refractivity contribution in [3.05, 3.63) is 36.0 Å². The van der Waals surface area contributed by atoms with Gasteiger partial charge in [-0.15, -0.1) is 5.92 Å². The Hall–Kier alpha value is -2.85. The van der Waals surface area contributed by atoms with E-state index in [9.17, 15) is 18.3 Å². The molecule has 4 rings (SSSR count). The van der Waals surface area contributed by atoms with Gasteiger partial charge in [0.15, 0.2) is 0 Å². The lowest BCUT2D eigenvalue weighted by Gasteiger charge is -2.15. The van der Waals surface area contributed by atoms with E-state index in [1.807, 2.05) is 0 Å². The van der Waals surface area contributed by atoms with E-state index in [0.717, 1.165) is 6.42 Å². The smallest absolute Gasteiger partial charge is 0.335 e. The van der Waals surface area contributed by atoms with Gasteiger partial charge >= 0.3 is 10.3 Å². The van der Waals surface area contributed by atoms with Crippen LogP contribution in [0.5, 0.6) is 0 Å². The van der Waals surface area contributed by atoms with Gasteiger partial charge in [0, 0.05) is 31.9 Å². The third kappa shape index (κ3) is 6.64. The van der Waals surface area contributed by atoms with Crippen LogP contribution >= 0.6 is 0 Å². The number of rotatable bonds is 9. The molecule has 12 heteroatoms. The third-order valence-electron chi connectivity index (χ3n) is 6.37. The minimum Gasteiger partial charge on any atom is -0.390 e. The Morgan fingerprint density at radius 2 is 2.09 bits per heavy atom. The minimum atomic E-state index is -3.94. The number of anilines is 1. The Labute approximate surface area is 205 Å². The zero-order valence-electron chi connectivity index (χ0n) is 19.6. The Kier molecular flexibility index (Phi) is 8.12. The fraction of sp³-hybridized carbons (Fsp3) is 0.565. The fourth-order valence-corrected chi connectivity index (χ4v) is 5.12. The van der Waals surface area contributed by atoms with E-state index in [1.54, 1.807) is 16.9 Å². The van der Waals surface area contributed by atoms with Crippen LogP contribution in [0.4, 0.5) is 5.82 Å². The van der Waals surface area contributed by atoms with E-state index >= 15 is 0 Å². The van der Waals surface area contributed by atoms with Crippen molar-refractivity contribution in [1.29, 1.82) is 0 Å². The maximum absolute atomic E-state index is 13.1. The van der Waals surface area contributed by atoms with Gasteiger partial charge in [-0.1, -0.05) is 18.8 Å². The minimum absolute atomic E-state index is 0.216. The highest BCUT2D eigenvalue weighted by Crippen LogP contribution is 2.28. The molecule has 3 N–H and O–H groups in total. The van der Waals surface area contributed by atoms with E-state index < -0.39 is 22.5 Å². The second-order valence-corrected chi connectivity index (χ2v) is 10.4. The number of hydrogen-bond acceptors (Lipinski definition) is 9. The predicted octanol–water partition coefficient (Wildman–Crippen LogP) is 1.27. The summed E-state index contributed by atoms with van der Waals surface area (Å²) in [6.45, 7) is 0.410. The van der Waals surface area contributed by atoms with Gasteiger partial charge in [0.1, 0.15) is 30.5 Å². The molecule has 0 bridgehead atoms. The number of nitrogens with zero attached hydrogens (tertiary/aromatic N) is 4. The monoisotopic (exact) mass is 502 g/mol. The maximum atomic E-state index is 13.1. The van der Waals surface area contributed by atoms with Crippen LogP contribution in [0.2, 0.25) is 0 Å². The van der Waals surface area contributed by atoms with Crippen molar-refractivity contribution < 1.29 is 22.5 Å². The van der Waals surface area contributed by atoms with E-state index in [1.165, 1.54) is 45.3 Å². The van der Waals surface area contributed by atoms with E-state index in [4.69, 9.17) is 4.18 Å². The number of ketones is 1. The molecule has 0 aliphatic heterocycles. The largest absolute Gasteiger partial charge is 0.390 e. The van der Waals surface area contributed by atoms with E-state index in [0.29, 0.717) is 12.5 Å². The van der Waals surface area contributed by atoms with Crippen LogP contribution in [0, 0.1) is 17.8 Å². The standard InChI is InChI=1S/C23H30N6O5S/c1-24-35(32,33)34-21-13-17(12-20(21)30)27-23-18(14-25-15-26-23)22(31)19-9-11-29(28-19)10-5-4-8-16-6-2-3-7-16/h9,11,14-17,20-21,24,30H,2-3,6-8,10,12-13H2,1H3,(H,25,26,27)/t17-,20+,21-/m1/s1. The molecule has 2 aliphatic carbocycles. The predicted molar refractivity (Wildman–Crippen MR) is 128 cm³/mol. The quantitative estimate of drug-likeness (QED) is 0.340. The van der Waals surface area contributed by atoms with Crippen LogP contribution in [0.1, 0.15) is 61.0 Å². The Balaban J connectivity index is 1.38. The zero-order valence-corrected chi connectivity index (χ0v) is 20.4. The normalized spacial score (nSPS) is 22.6. The molecule has 0 spiro atoms. The summed E-state index contributed by atoms with van der Waals surface area (Å²) in [5.41, 5.74) is 0.472. The average molecular weight is 503 g/mol. The van der Waals surface area contributed by atoms with Crippen molar-refractivity contribution in [3.63, 3.8) is 0 Å². The SMILES string of the molecule is CNS(=O)(=O)O[C@@H]1C[C@H](Nc2ncncc2C(=O)c2ccn(CC#CCC3CCCC3)n2)C[C@@H]1O. The summed E-state index contributed by atoms with van der Waals surface area (Å²) in [5.74, 6) is 6.99. The second kappa shape index (κ2) is 11.3. The van der Waals surface area contributed by atoms with Gasteiger partial charge in [-0.05, 0) is 37.7 Å². The van der Waals surface area contributed by atoms with Gasteiger partial charge in [0.2, 0.25) is 5.78 Å². The van der Waals surface area contributed by atoms with Crippen LogP contribution in [0.3, 0.4) is 0 Å². The van der Waals surface area contributed by atoms with Crippen molar-refractivity contribution in [2.45, 2.75) is 69.7 Å². The van der Waals surface area contributed by atoms with Gasteiger partial charge in [-0.3, -0.25) is 13.7 Å². The maximum Gasteiger partial charge on any atom is 0.335 e. The number of aliphatic hydroxyl groups is 1. The molecule has 2 fully saturated rings. The summed E-state index contributed by atoms with van der Waals surface area (Å²) >= 11 is 0. The van der Waals surface area contributed by atoms with Crippen LogP contribution in [-0.2, 0) is 21.0 Å². The first-order valence-corrected chi connectivity index (χ1v) is 13.2. The molecule has 35 heavy (non-hydrogen) atoms. The average Bonchev–Trinajstić information content (AvgIpc) is 3.59. The topological polar surface area (TPSA) is 148 Å².